The highest BCUT2D eigenvalue weighted by molar-refractivity contribution is 5.31. The summed E-state index contributed by atoms with van der Waals surface area (Å²) in [6.45, 7) is 2.56. The van der Waals surface area contributed by atoms with Crippen LogP contribution in [0.2, 0.25) is 0 Å². The van der Waals surface area contributed by atoms with Gasteiger partial charge < -0.3 is 4.74 Å². The zero-order valence-corrected chi connectivity index (χ0v) is 10.6. The lowest BCUT2D eigenvalue weighted by Crippen LogP contribution is -2.38. The average Bonchev–Trinajstić information content (AvgIpc) is 2.86. The van der Waals surface area contributed by atoms with Crippen LogP contribution in [0.15, 0.2) is 24.3 Å². The van der Waals surface area contributed by atoms with Gasteiger partial charge in [-0.15, -0.1) is 0 Å². The molecule has 0 radical (unpaired) electrons. The molecule has 0 spiro atoms. The van der Waals surface area contributed by atoms with Crippen molar-refractivity contribution in [2.75, 3.05) is 20.2 Å². The minimum atomic E-state index is 0.708. The predicted molar refractivity (Wildman–Crippen MR) is 69.6 cm³/mol. The van der Waals surface area contributed by atoms with Crippen LogP contribution in [0, 0.1) is 0 Å². The first-order valence-electron chi connectivity index (χ1n) is 6.75. The molecule has 0 saturated carbocycles. The first-order chi connectivity index (χ1) is 8.36. The molecule has 2 aliphatic rings. The van der Waals surface area contributed by atoms with Crippen LogP contribution in [-0.2, 0) is 0 Å². The monoisotopic (exact) mass is 231 g/mol. The summed E-state index contributed by atoms with van der Waals surface area (Å²) >= 11 is 0. The van der Waals surface area contributed by atoms with Crippen LogP contribution in [0.25, 0.3) is 0 Å². The second kappa shape index (κ2) is 4.69. The zero-order valence-electron chi connectivity index (χ0n) is 10.6. The zero-order chi connectivity index (χ0) is 11.7. The van der Waals surface area contributed by atoms with E-state index < -0.39 is 0 Å². The predicted octanol–water partition coefficient (Wildman–Crippen LogP) is 3.04. The molecule has 2 heteroatoms. The number of nitrogens with zero attached hydrogens (tertiary/aromatic N) is 1. The molecule has 0 bridgehead atoms. The SMILES string of the molecule is COc1cccc([C@@H]2CC[C@@H]3CCCN3C2)c1. The van der Waals surface area contributed by atoms with Gasteiger partial charge in [0, 0.05) is 12.6 Å². The van der Waals surface area contributed by atoms with Crippen LogP contribution >= 0.6 is 0 Å². The second-order valence-corrected chi connectivity index (χ2v) is 5.34. The number of ether oxygens (including phenoxy) is 1. The maximum atomic E-state index is 5.32. The Morgan fingerprint density at radius 1 is 1.24 bits per heavy atom. The van der Waals surface area contributed by atoms with E-state index in [0.29, 0.717) is 5.92 Å². The Balaban J connectivity index is 1.75. The Labute approximate surface area is 104 Å². The molecule has 92 valence electrons. The summed E-state index contributed by atoms with van der Waals surface area (Å²) in [5.41, 5.74) is 1.45. The van der Waals surface area contributed by atoms with Gasteiger partial charge in [-0.05, 0) is 55.8 Å². The molecular formula is C15H21NO. The van der Waals surface area contributed by atoms with Crippen LogP contribution in [0.1, 0.15) is 37.2 Å². The number of fused-ring (bicyclic) bond motifs is 1. The molecule has 0 N–H and O–H groups in total. The Bertz CT molecular complexity index is 390. The molecule has 2 heterocycles. The highest BCUT2D eigenvalue weighted by Gasteiger charge is 2.31. The molecule has 1 aromatic rings. The topological polar surface area (TPSA) is 12.5 Å². The Morgan fingerprint density at radius 2 is 2.18 bits per heavy atom. The molecule has 0 unspecified atom stereocenters. The summed E-state index contributed by atoms with van der Waals surface area (Å²) in [5, 5.41) is 0. The first-order valence-corrected chi connectivity index (χ1v) is 6.75. The van der Waals surface area contributed by atoms with E-state index in [1.54, 1.807) is 7.11 Å². The van der Waals surface area contributed by atoms with Crippen LogP contribution < -0.4 is 4.74 Å². The third-order valence-electron chi connectivity index (χ3n) is 4.37. The summed E-state index contributed by atoms with van der Waals surface area (Å²) in [6, 6.07) is 9.50. The van der Waals surface area contributed by atoms with Crippen molar-refractivity contribution < 1.29 is 4.74 Å². The van der Waals surface area contributed by atoms with E-state index in [9.17, 15) is 0 Å². The highest BCUT2D eigenvalue weighted by Crippen LogP contribution is 2.35. The fraction of sp³-hybridized carbons (Fsp3) is 0.600. The molecule has 0 amide bonds. The van der Waals surface area contributed by atoms with Gasteiger partial charge in [0.2, 0.25) is 0 Å². The normalized spacial score (nSPS) is 29.0. The lowest BCUT2D eigenvalue weighted by atomic mass is 9.88. The van der Waals surface area contributed by atoms with Gasteiger partial charge in [-0.3, -0.25) is 4.90 Å². The molecular weight excluding hydrogens is 210 g/mol. The summed E-state index contributed by atoms with van der Waals surface area (Å²) in [7, 11) is 1.75. The van der Waals surface area contributed by atoms with Gasteiger partial charge in [-0.25, -0.2) is 0 Å². The lowest BCUT2D eigenvalue weighted by Gasteiger charge is -2.35. The average molecular weight is 231 g/mol. The number of methoxy groups -OCH3 is 1. The Kier molecular flexibility index (Phi) is 3.06. The number of benzene rings is 1. The van der Waals surface area contributed by atoms with Gasteiger partial charge in [-0.1, -0.05) is 12.1 Å². The maximum Gasteiger partial charge on any atom is 0.119 e. The Hall–Kier alpha value is -1.02. The van der Waals surface area contributed by atoms with E-state index >= 15 is 0 Å². The van der Waals surface area contributed by atoms with Gasteiger partial charge in [0.25, 0.3) is 0 Å². The fourth-order valence-electron chi connectivity index (χ4n) is 3.40. The molecule has 2 nitrogen and oxygen atoms in total. The van der Waals surface area contributed by atoms with Crippen LogP contribution in [0.4, 0.5) is 0 Å². The van der Waals surface area contributed by atoms with Crippen LogP contribution in [0.5, 0.6) is 5.75 Å². The fourth-order valence-corrected chi connectivity index (χ4v) is 3.40. The minimum absolute atomic E-state index is 0.708. The standard InChI is InChI=1S/C15H21NO/c1-17-15-6-2-4-12(10-15)13-7-8-14-5-3-9-16(14)11-13/h2,4,6,10,13-14H,3,5,7-9,11H2,1H3/t13-,14+/m1/s1. The van der Waals surface area contributed by atoms with Crippen molar-refractivity contribution in [1.82, 2.24) is 4.90 Å². The third-order valence-corrected chi connectivity index (χ3v) is 4.37. The van der Waals surface area contributed by atoms with E-state index in [0.717, 1.165) is 11.8 Å². The highest BCUT2D eigenvalue weighted by atomic mass is 16.5. The second-order valence-electron chi connectivity index (χ2n) is 5.34. The van der Waals surface area contributed by atoms with Crippen molar-refractivity contribution in [2.24, 2.45) is 0 Å². The van der Waals surface area contributed by atoms with E-state index in [1.165, 1.54) is 44.3 Å². The number of rotatable bonds is 2. The minimum Gasteiger partial charge on any atom is -0.497 e. The van der Waals surface area contributed by atoms with Gasteiger partial charge in [0.15, 0.2) is 0 Å². The van der Waals surface area contributed by atoms with Crippen molar-refractivity contribution >= 4 is 0 Å². The van der Waals surface area contributed by atoms with Gasteiger partial charge in [-0.2, -0.15) is 0 Å². The van der Waals surface area contributed by atoms with E-state index in [-0.39, 0.29) is 0 Å². The third kappa shape index (κ3) is 2.19. The van der Waals surface area contributed by atoms with Crippen LogP contribution in [-0.4, -0.2) is 31.1 Å². The Morgan fingerprint density at radius 3 is 3.06 bits per heavy atom. The molecule has 0 aromatic heterocycles. The molecule has 1 aromatic carbocycles. The van der Waals surface area contributed by atoms with E-state index in [2.05, 4.69) is 23.1 Å². The maximum absolute atomic E-state index is 5.32. The number of hydrogen-bond donors (Lipinski definition) is 0. The lowest BCUT2D eigenvalue weighted by molar-refractivity contribution is 0.178. The van der Waals surface area contributed by atoms with Crippen molar-refractivity contribution in [3.63, 3.8) is 0 Å². The van der Waals surface area contributed by atoms with Crippen molar-refractivity contribution in [1.29, 1.82) is 0 Å². The molecule has 2 saturated heterocycles. The summed E-state index contributed by atoms with van der Waals surface area (Å²) in [4.78, 5) is 2.69. The largest absolute Gasteiger partial charge is 0.497 e. The first kappa shape index (κ1) is 11.1. The summed E-state index contributed by atoms with van der Waals surface area (Å²) in [5.74, 6) is 1.70. The van der Waals surface area contributed by atoms with E-state index in [1.807, 2.05) is 6.07 Å². The smallest absolute Gasteiger partial charge is 0.119 e. The molecule has 2 aliphatic heterocycles. The molecule has 2 fully saturated rings. The van der Waals surface area contributed by atoms with Crippen molar-refractivity contribution in [2.45, 2.75) is 37.6 Å². The quantitative estimate of drug-likeness (QED) is 0.775. The summed E-state index contributed by atoms with van der Waals surface area (Å²) < 4.78 is 5.32. The molecule has 2 atom stereocenters. The number of hydrogen-bond acceptors (Lipinski definition) is 2. The van der Waals surface area contributed by atoms with Crippen molar-refractivity contribution in [3.05, 3.63) is 29.8 Å². The molecule has 17 heavy (non-hydrogen) atoms. The molecule has 0 aliphatic carbocycles. The summed E-state index contributed by atoms with van der Waals surface area (Å²) in [6.07, 6.45) is 5.54. The van der Waals surface area contributed by atoms with E-state index in [4.69, 9.17) is 4.74 Å². The number of piperidine rings is 1. The van der Waals surface area contributed by atoms with Gasteiger partial charge in [0.05, 0.1) is 7.11 Å². The van der Waals surface area contributed by atoms with Gasteiger partial charge in [0.1, 0.15) is 5.75 Å². The van der Waals surface area contributed by atoms with Gasteiger partial charge >= 0.3 is 0 Å². The van der Waals surface area contributed by atoms with Crippen molar-refractivity contribution in [3.8, 4) is 5.75 Å². The van der Waals surface area contributed by atoms with Crippen LogP contribution in [0.3, 0.4) is 0 Å². The molecule has 3 rings (SSSR count).